The van der Waals surface area contributed by atoms with E-state index in [0.29, 0.717) is 17.7 Å². The van der Waals surface area contributed by atoms with Crippen LogP contribution in [0, 0.1) is 11.3 Å². The summed E-state index contributed by atoms with van der Waals surface area (Å²) in [5.41, 5.74) is 1.92. The number of nitriles is 1. The van der Waals surface area contributed by atoms with Gasteiger partial charge in [0.15, 0.2) is 5.71 Å². The maximum atomic E-state index is 11.3. The summed E-state index contributed by atoms with van der Waals surface area (Å²) in [7, 11) is 0. The maximum Gasteiger partial charge on any atom is 0.354 e. The number of aliphatic imine (C=N–C) groups is 1. The zero-order valence-electron chi connectivity index (χ0n) is 10.7. The quantitative estimate of drug-likeness (QED) is 0.863. The van der Waals surface area contributed by atoms with Crippen LogP contribution >= 0.6 is 0 Å². The average molecular weight is 264 g/mol. The Labute approximate surface area is 116 Å². The van der Waals surface area contributed by atoms with Crippen molar-refractivity contribution in [2.45, 2.75) is 6.54 Å². The molecule has 0 aliphatic heterocycles. The number of hydrogen-bond donors (Lipinski definition) is 1. The fourth-order valence-corrected chi connectivity index (χ4v) is 1.74. The van der Waals surface area contributed by atoms with Crippen LogP contribution in [0.2, 0.25) is 0 Å². The zero-order valence-corrected chi connectivity index (χ0v) is 10.7. The predicted octanol–water partition coefficient (Wildman–Crippen LogP) is 2.63. The predicted molar refractivity (Wildman–Crippen MR) is 75.5 cm³/mol. The Bertz CT molecular complexity index is 668. The molecule has 0 unspecified atom stereocenters. The molecule has 0 saturated heterocycles. The molecule has 0 bridgehead atoms. The summed E-state index contributed by atoms with van der Waals surface area (Å²) in [5, 5.41) is 18.0. The molecule has 20 heavy (non-hydrogen) atoms. The highest BCUT2D eigenvalue weighted by molar-refractivity contribution is 6.42. The first kappa shape index (κ1) is 13.5. The highest BCUT2D eigenvalue weighted by Gasteiger charge is 2.12. The Hall–Kier alpha value is -2.93. The lowest BCUT2D eigenvalue weighted by Crippen LogP contribution is -2.14. The topological polar surface area (TPSA) is 73.5 Å². The Kier molecular flexibility index (Phi) is 4.25. The van der Waals surface area contributed by atoms with Gasteiger partial charge >= 0.3 is 5.97 Å². The summed E-state index contributed by atoms with van der Waals surface area (Å²) in [6, 6.07) is 17.8. The molecule has 0 atom stereocenters. The summed E-state index contributed by atoms with van der Waals surface area (Å²) in [6.45, 7) is 0.308. The second-order valence-electron chi connectivity index (χ2n) is 4.14. The molecular formula is C16H12N2O2. The van der Waals surface area contributed by atoms with Gasteiger partial charge in [0.2, 0.25) is 0 Å². The molecule has 0 aromatic heterocycles. The first-order valence-electron chi connectivity index (χ1n) is 6.03. The molecule has 0 heterocycles. The third kappa shape index (κ3) is 3.30. The van der Waals surface area contributed by atoms with Crippen molar-refractivity contribution >= 4 is 11.7 Å². The highest BCUT2D eigenvalue weighted by Crippen LogP contribution is 2.08. The molecule has 0 aliphatic rings. The molecule has 0 amide bonds. The third-order valence-electron chi connectivity index (χ3n) is 2.75. The van der Waals surface area contributed by atoms with Gasteiger partial charge in [-0.3, -0.25) is 4.99 Å². The lowest BCUT2D eigenvalue weighted by Gasteiger charge is -2.03. The molecular weight excluding hydrogens is 252 g/mol. The van der Waals surface area contributed by atoms with Crippen molar-refractivity contribution in [3.8, 4) is 6.07 Å². The minimum absolute atomic E-state index is 0.00153. The van der Waals surface area contributed by atoms with Crippen molar-refractivity contribution in [3.63, 3.8) is 0 Å². The average Bonchev–Trinajstić information content (AvgIpc) is 2.49. The molecule has 0 radical (unpaired) electrons. The van der Waals surface area contributed by atoms with Crippen LogP contribution in [0.25, 0.3) is 0 Å². The zero-order chi connectivity index (χ0) is 14.4. The first-order valence-corrected chi connectivity index (χ1v) is 6.03. The van der Waals surface area contributed by atoms with E-state index in [1.807, 2.05) is 36.4 Å². The standard InChI is InChI=1S/C16H12N2O2/c17-10-12-6-8-14(9-7-12)15(16(19)20)18-11-13-4-2-1-3-5-13/h1-9H,11H2,(H,19,20). The van der Waals surface area contributed by atoms with E-state index >= 15 is 0 Å². The Morgan fingerprint density at radius 2 is 1.75 bits per heavy atom. The summed E-state index contributed by atoms with van der Waals surface area (Å²) in [4.78, 5) is 15.4. The van der Waals surface area contributed by atoms with Gasteiger partial charge in [-0.2, -0.15) is 5.26 Å². The van der Waals surface area contributed by atoms with Crippen molar-refractivity contribution in [2.75, 3.05) is 0 Å². The van der Waals surface area contributed by atoms with Crippen LogP contribution in [0.15, 0.2) is 59.6 Å². The van der Waals surface area contributed by atoms with Gasteiger partial charge in [0.05, 0.1) is 18.2 Å². The van der Waals surface area contributed by atoms with Gasteiger partial charge in [0.25, 0.3) is 0 Å². The normalized spacial score (nSPS) is 10.8. The van der Waals surface area contributed by atoms with Gasteiger partial charge in [0.1, 0.15) is 0 Å². The molecule has 2 aromatic rings. The largest absolute Gasteiger partial charge is 0.477 e. The van der Waals surface area contributed by atoms with Crippen LogP contribution < -0.4 is 0 Å². The number of nitrogens with zero attached hydrogens (tertiary/aromatic N) is 2. The minimum atomic E-state index is -1.08. The van der Waals surface area contributed by atoms with Gasteiger partial charge in [-0.1, -0.05) is 42.5 Å². The van der Waals surface area contributed by atoms with Crippen LogP contribution in [0.4, 0.5) is 0 Å². The van der Waals surface area contributed by atoms with E-state index in [-0.39, 0.29) is 5.71 Å². The number of carboxylic acids is 1. The Balaban J connectivity index is 2.26. The molecule has 0 aliphatic carbocycles. The number of carbonyl (C=O) groups is 1. The molecule has 2 rings (SSSR count). The van der Waals surface area contributed by atoms with Crippen molar-refractivity contribution in [1.82, 2.24) is 0 Å². The van der Waals surface area contributed by atoms with Gasteiger partial charge in [-0.05, 0) is 17.7 Å². The van der Waals surface area contributed by atoms with Crippen LogP contribution in [-0.4, -0.2) is 16.8 Å². The third-order valence-corrected chi connectivity index (χ3v) is 2.75. The van der Waals surface area contributed by atoms with Crippen molar-refractivity contribution in [2.24, 2.45) is 4.99 Å². The minimum Gasteiger partial charge on any atom is -0.477 e. The lowest BCUT2D eigenvalue weighted by atomic mass is 10.1. The van der Waals surface area contributed by atoms with Crippen LogP contribution in [0.5, 0.6) is 0 Å². The monoisotopic (exact) mass is 264 g/mol. The number of aliphatic carboxylic acids is 1. The smallest absolute Gasteiger partial charge is 0.354 e. The number of hydrogen-bond acceptors (Lipinski definition) is 3. The molecule has 0 spiro atoms. The molecule has 1 N–H and O–H groups in total. The van der Waals surface area contributed by atoms with Crippen LogP contribution in [0.1, 0.15) is 16.7 Å². The fraction of sp³-hybridized carbons (Fsp3) is 0.0625. The van der Waals surface area contributed by atoms with Gasteiger partial charge < -0.3 is 5.11 Å². The second kappa shape index (κ2) is 6.30. The van der Waals surface area contributed by atoms with E-state index in [0.717, 1.165) is 5.56 Å². The second-order valence-corrected chi connectivity index (χ2v) is 4.14. The van der Waals surface area contributed by atoms with Crippen molar-refractivity contribution in [3.05, 3.63) is 71.3 Å². The summed E-state index contributed by atoms with van der Waals surface area (Å²) >= 11 is 0. The fourth-order valence-electron chi connectivity index (χ4n) is 1.74. The summed E-state index contributed by atoms with van der Waals surface area (Å²) < 4.78 is 0. The van der Waals surface area contributed by atoms with E-state index in [2.05, 4.69) is 4.99 Å². The van der Waals surface area contributed by atoms with Crippen LogP contribution in [-0.2, 0) is 11.3 Å². The van der Waals surface area contributed by atoms with Gasteiger partial charge in [0, 0.05) is 5.56 Å². The van der Waals surface area contributed by atoms with E-state index in [4.69, 9.17) is 5.26 Å². The van der Waals surface area contributed by atoms with E-state index in [9.17, 15) is 9.90 Å². The molecule has 98 valence electrons. The number of carboxylic acid groups (broad SMARTS) is 1. The molecule has 0 saturated carbocycles. The van der Waals surface area contributed by atoms with E-state index < -0.39 is 5.97 Å². The number of rotatable bonds is 4. The Morgan fingerprint density at radius 1 is 1.10 bits per heavy atom. The SMILES string of the molecule is N#Cc1ccc(C(=NCc2ccccc2)C(=O)O)cc1. The highest BCUT2D eigenvalue weighted by atomic mass is 16.4. The molecule has 4 heteroatoms. The molecule has 4 nitrogen and oxygen atoms in total. The van der Waals surface area contributed by atoms with E-state index in [1.165, 1.54) is 0 Å². The Morgan fingerprint density at radius 3 is 2.30 bits per heavy atom. The lowest BCUT2D eigenvalue weighted by molar-refractivity contribution is -0.129. The summed E-state index contributed by atoms with van der Waals surface area (Å²) in [5.74, 6) is -1.08. The van der Waals surface area contributed by atoms with Gasteiger partial charge in [-0.15, -0.1) is 0 Å². The van der Waals surface area contributed by atoms with Crippen molar-refractivity contribution < 1.29 is 9.90 Å². The summed E-state index contributed by atoms with van der Waals surface area (Å²) in [6.07, 6.45) is 0. The van der Waals surface area contributed by atoms with Gasteiger partial charge in [-0.25, -0.2) is 4.79 Å². The van der Waals surface area contributed by atoms with Crippen molar-refractivity contribution in [1.29, 1.82) is 5.26 Å². The van der Waals surface area contributed by atoms with E-state index in [1.54, 1.807) is 24.3 Å². The first-order chi connectivity index (χ1) is 9.70. The van der Waals surface area contributed by atoms with Crippen LogP contribution in [0.3, 0.4) is 0 Å². The number of benzene rings is 2. The molecule has 0 fully saturated rings. The maximum absolute atomic E-state index is 11.3. The molecule has 2 aromatic carbocycles.